The maximum atomic E-state index is 13.3. The zero-order chi connectivity index (χ0) is 20.8. The number of nitrogens with zero attached hydrogens (tertiary/aromatic N) is 4. The highest BCUT2D eigenvalue weighted by molar-refractivity contribution is 6.43. The summed E-state index contributed by atoms with van der Waals surface area (Å²) in [7, 11) is 0. The standard InChI is InChI=1S/C19H13Cl2F3N4O/c20-13-8-4-7-12(14(13)21)17(29)27-9-10-28-16(25-26-18(28)19(22,23)24)15(27)11-5-2-1-3-6-11/h1-8,15H,9-10H2/t15-/m1/s1. The summed E-state index contributed by atoms with van der Waals surface area (Å²) in [5.41, 5.74) is 0.783. The molecular formula is C19H13Cl2F3N4O. The average Bonchev–Trinajstić information content (AvgIpc) is 3.14. The monoisotopic (exact) mass is 440 g/mol. The molecule has 1 atom stereocenters. The van der Waals surface area contributed by atoms with Crippen LogP contribution in [0.2, 0.25) is 10.0 Å². The molecule has 0 saturated carbocycles. The van der Waals surface area contributed by atoms with Gasteiger partial charge in [0.05, 0.1) is 15.6 Å². The van der Waals surface area contributed by atoms with Crippen molar-refractivity contribution in [1.82, 2.24) is 19.7 Å². The van der Waals surface area contributed by atoms with Crippen molar-refractivity contribution < 1.29 is 18.0 Å². The minimum Gasteiger partial charge on any atom is -0.322 e. The Morgan fingerprint density at radius 3 is 2.41 bits per heavy atom. The van der Waals surface area contributed by atoms with Crippen LogP contribution in [-0.2, 0) is 12.7 Å². The summed E-state index contributed by atoms with van der Waals surface area (Å²) in [6.45, 7) is -0.0697. The Bertz CT molecular complexity index is 1070. The van der Waals surface area contributed by atoms with Crippen LogP contribution in [0.4, 0.5) is 13.2 Å². The molecule has 0 bridgehead atoms. The van der Waals surface area contributed by atoms with Gasteiger partial charge in [-0.2, -0.15) is 13.2 Å². The second-order valence-electron chi connectivity index (χ2n) is 6.44. The Labute approximate surface area is 173 Å². The maximum absolute atomic E-state index is 13.3. The Hall–Kier alpha value is -2.58. The molecule has 2 heterocycles. The van der Waals surface area contributed by atoms with E-state index < -0.39 is 23.9 Å². The molecule has 0 aliphatic carbocycles. The van der Waals surface area contributed by atoms with E-state index in [4.69, 9.17) is 23.2 Å². The van der Waals surface area contributed by atoms with Crippen LogP contribution in [-0.4, -0.2) is 32.1 Å². The molecule has 2 aromatic carbocycles. The van der Waals surface area contributed by atoms with Crippen LogP contribution in [0.1, 0.15) is 33.6 Å². The van der Waals surface area contributed by atoms with Gasteiger partial charge in [-0.05, 0) is 17.7 Å². The Kier molecular flexibility index (Phi) is 5.00. The van der Waals surface area contributed by atoms with Crippen molar-refractivity contribution in [2.45, 2.75) is 18.8 Å². The van der Waals surface area contributed by atoms with E-state index in [0.29, 0.717) is 5.56 Å². The summed E-state index contributed by atoms with van der Waals surface area (Å²) in [6.07, 6.45) is -4.64. The molecule has 1 amide bonds. The summed E-state index contributed by atoms with van der Waals surface area (Å²) < 4.78 is 41.0. The Balaban J connectivity index is 1.84. The van der Waals surface area contributed by atoms with E-state index in [1.807, 2.05) is 0 Å². The molecule has 29 heavy (non-hydrogen) atoms. The van der Waals surface area contributed by atoms with Crippen LogP contribution in [0.15, 0.2) is 48.5 Å². The van der Waals surface area contributed by atoms with E-state index in [-0.39, 0.29) is 34.5 Å². The lowest BCUT2D eigenvalue weighted by Crippen LogP contribution is -2.43. The number of halogens is 5. The molecule has 1 aliphatic rings. The zero-order valence-electron chi connectivity index (χ0n) is 14.7. The molecule has 0 unspecified atom stereocenters. The number of hydrogen-bond donors (Lipinski definition) is 0. The highest BCUT2D eigenvalue weighted by Gasteiger charge is 2.43. The zero-order valence-corrected chi connectivity index (χ0v) is 16.2. The highest BCUT2D eigenvalue weighted by Crippen LogP contribution is 2.37. The van der Waals surface area contributed by atoms with Crippen LogP contribution in [0.5, 0.6) is 0 Å². The van der Waals surface area contributed by atoms with Gasteiger partial charge in [0.1, 0.15) is 6.04 Å². The number of hydrogen-bond acceptors (Lipinski definition) is 3. The molecule has 3 aromatic rings. The predicted octanol–water partition coefficient (Wildman–Crippen LogP) is 4.85. The second kappa shape index (κ2) is 7.35. The third-order valence-electron chi connectivity index (χ3n) is 4.71. The molecule has 4 rings (SSSR count). The fourth-order valence-electron chi connectivity index (χ4n) is 3.43. The van der Waals surface area contributed by atoms with Gasteiger partial charge in [0, 0.05) is 13.1 Å². The predicted molar refractivity (Wildman–Crippen MR) is 101 cm³/mol. The van der Waals surface area contributed by atoms with Crippen LogP contribution in [0, 0.1) is 0 Å². The minimum absolute atomic E-state index is 0.0232. The third kappa shape index (κ3) is 3.47. The number of carbonyl (C=O) groups is 1. The Morgan fingerprint density at radius 1 is 1.00 bits per heavy atom. The lowest BCUT2D eigenvalue weighted by molar-refractivity contribution is -0.148. The molecule has 0 fully saturated rings. The first-order chi connectivity index (χ1) is 13.8. The van der Waals surface area contributed by atoms with Crippen molar-refractivity contribution >= 4 is 29.1 Å². The van der Waals surface area contributed by atoms with Crippen molar-refractivity contribution in [2.75, 3.05) is 6.54 Å². The summed E-state index contributed by atoms with van der Waals surface area (Å²) in [5, 5.41) is 7.44. The lowest BCUT2D eigenvalue weighted by Gasteiger charge is -2.36. The number of aromatic nitrogens is 3. The lowest BCUT2D eigenvalue weighted by atomic mass is 10.0. The fraction of sp³-hybridized carbons (Fsp3) is 0.211. The molecule has 150 valence electrons. The molecule has 5 nitrogen and oxygen atoms in total. The van der Waals surface area contributed by atoms with Crippen molar-refractivity contribution in [3.8, 4) is 0 Å². The molecule has 1 aliphatic heterocycles. The summed E-state index contributed by atoms with van der Waals surface area (Å²) in [5.74, 6) is -1.49. The fourth-order valence-corrected chi connectivity index (χ4v) is 3.81. The minimum atomic E-state index is -4.64. The molecule has 1 aromatic heterocycles. The average molecular weight is 441 g/mol. The molecule has 0 saturated heterocycles. The molecular weight excluding hydrogens is 428 g/mol. The van der Waals surface area contributed by atoms with Gasteiger partial charge in [-0.1, -0.05) is 59.6 Å². The number of rotatable bonds is 2. The first-order valence-corrected chi connectivity index (χ1v) is 9.35. The van der Waals surface area contributed by atoms with Gasteiger partial charge in [-0.25, -0.2) is 0 Å². The van der Waals surface area contributed by atoms with E-state index in [9.17, 15) is 18.0 Å². The third-order valence-corrected chi connectivity index (χ3v) is 5.53. The van der Waals surface area contributed by atoms with Crippen molar-refractivity contribution in [1.29, 1.82) is 0 Å². The van der Waals surface area contributed by atoms with Gasteiger partial charge in [0.25, 0.3) is 5.91 Å². The number of benzene rings is 2. The number of fused-ring (bicyclic) bond motifs is 1. The van der Waals surface area contributed by atoms with Crippen LogP contribution in [0.25, 0.3) is 0 Å². The largest absolute Gasteiger partial charge is 0.451 e. The quantitative estimate of drug-likeness (QED) is 0.572. The summed E-state index contributed by atoms with van der Waals surface area (Å²) >= 11 is 12.2. The normalized spacial score (nSPS) is 16.6. The highest BCUT2D eigenvalue weighted by atomic mass is 35.5. The topological polar surface area (TPSA) is 51.0 Å². The summed E-state index contributed by atoms with van der Waals surface area (Å²) in [4.78, 5) is 14.7. The van der Waals surface area contributed by atoms with Crippen LogP contribution >= 0.6 is 23.2 Å². The second-order valence-corrected chi connectivity index (χ2v) is 7.23. The van der Waals surface area contributed by atoms with Crippen LogP contribution in [0.3, 0.4) is 0 Å². The van der Waals surface area contributed by atoms with E-state index >= 15 is 0 Å². The SMILES string of the molecule is O=C(c1cccc(Cl)c1Cl)N1CCn2c(nnc2C(F)(F)F)[C@H]1c1ccccc1. The van der Waals surface area contributed by atoms with Gasteiger partial charge in [-0.15, -0.1) is 10.2 Å². The van der Waals surface area contributed by atoms with E-state index in [1.165, 1.54) is 11.0 Å². The van der Waals surface area contributed by atoms with Gasteiger partial charge in [0.15, 0.2) is 5.82 Å². The van der Waals surface area contributed by atoms with E-state index in [1.54, 1.807) is 42.5 Å². The van der Waals surface area contributed by atoms with Crippen molar-refractivity contribution in [3.63, 3.8) is 0 Å². The number of carbonyl (C=O) groups excluding carboxylic acids is 1. The molecule has 0 radical (unpaired) electrons. The van der Waals surface area contributed by atoms with Gasteiger partial charge in [0.2, 0.25) is 5.82 Å². The van der Waals surface area contributed by atoms with Crippen molar-refractivity contribution in [2.24, 2.45) is 0 Å². The first-order valence-electron chi connectivity index (χ1n) is 8.59. The maximum Gasteiger partial charge on any atom is 0.451 e. The molecule has 0 N–H and O–H groups in total. The van der Waals surface area contributed by atoms with Gasteiger partial charge in [-0.3, -0.25) is 4.79 Å². The Morgan fingerprint density at radius 2 is 1.72 bits per heavy atom. The van der Waals surface area contributed by atoms with Crippen molar-refractivity contribution in [3.05, 3.63) is 81.4 Å². The molecule has 0 spiro atoms. The molecule has 10 heteroatoms. The number of amides is 1. The van der Waals surface area contributed by atoms with E-state index in [0.717, 1.165) is 4.57 Å². The first kappa shape index (κ1) is 19.7. The summed E-state index contributed by atoms with van der Waals surface area (Å²) in [6, 6.07) is 12.5. The van der Waals surface area contributed by atoms with Gasteiger partial charge < -0.3 is 9.47 Å². The van der Waals surface area contributed by atoms with E-state index in [2.05, 4.69) is 10.2 Å². The van der Waals surface area contributed by atoms with Gasteiger partial charge >= 0.3 is 6.18 Å². The smallest absolute Gasteiger partial charge is 0.322 e. The number of alkyl halides is 3. The van der Waals surface area contributed by atoms with Crippen LogP contribution < -0.4 is 0 Å².